The molecule has 1 aliphatic rings. The van der Waals surface area contributed by atoms with Gasteiger partial charge in [0.15, 0.2) is 11.4 Å². The number of alkyl halides is 2. The summed E-state index contributed by atoms with van der Waals surface area (Å²) < 4.78 is 34.9. The van der Waals surface area contributed by atoms with Crippen molar-refractivity contribution in [2.75, 3.05) is 25.4 Å². The maximum atomic E-state index is 13.4. The van der Waals surface area contributed by atoms with Crippen molar-refractivity contribution in [1.29, 1.82) is 0 Å². The lowest BCUT2D eigenvalue weighted by molar-refractivity contribution is -0.0220. The van der Waals surface area contributed by atoms with Gasteiger partial charge in [-0.25, -0.2) is 13.8 Å². The van der Waals surface area contributed by atoms with Crippen LogP contribution < -0.4 is 5.73 Å². The van der Waals surface area contributed by atoms with Gasteiger partial charge < -0.3 is 10.2 Å². The summed E-state index contributed by atoms with van der Waals surface area (Å²) in [5.41, 5.74) is 9.47. The molecule has 0 unspecified atom stereocenters. The molecule has 2 N–H and O–H groups in total. The van der Waals surface area contributed by atoms with E-state index >= 15 is 0 Å². The first kappa shape index (κ1) is 22.6. The number of nitrogens with two attached hydrogens (primary N) is 1. The smallest absolute Gasteiger partial charge is 0.257 e. The second kappa shape index (κ2) is 8.67. The highest BCUT2D eigenvalue weighted by Gasteiger charge is 2.29. The van der Waals surface area contributed by atoms with Gasteiger partial charge >= 0.3 is 0 Å². The molecule has 7 nitrogen and oxygen atoms in total. The fourth-order valence-electron chi connectivity index (χ4n) is 5.16. The number of benzene rings is 1. The van der Waals surface area contributed by atoms with E-state index in [1.54, 1.807) is 12.4 Å². The summed E-state index contributed by atoms with van der Waals surface area (Å²) in [6, 6.07) is 10.1. The average molecular weight is 489 g/mol. The average Bonchev–Trinajstić information content (AvgIpc) is 3.52. The first-order chi connectivity index (χ1) is 17.4. The number of rotatable bonds is 5. The van der Waals surface area contributed by atoms with Crippen LogP contribution in [-0.2, 0) is 0 Å². The Kier molecular flexibility index (Phi) is 5.44. The van der Waals surface area contributed by atoms with Crippen molar-refractivity contribution in [3.05, 3.63) is 61.3 Å². The highest BCUT2D eigenvalue weighted by atomic mass is 19.3. The number of pyridine rings is 2. The van der Waals surface area contributed by atoms with Crippen LogP contribution >= 0.6 is 0 Å². The number of piperidine rings is 1. The van der Waals surface area contributed by atoms with Gasteiger partial charge in [-0.05, 0) is 30.4 Å². The third kappa shape index (κ3) is 4.19. The molecule has 36 heavy (non-hydrogen) atoms. The molecule has 1 fully saturated rings. The van der Waals surface area contributed by atoms with E-state index in [9.17, 15) is 8.78 Å². The summed E-state index contributed by atoms with van der Waals surface area (Å²) in [5.74, 6) is -1.64. The van der Waals surface area contributed by atoms with Gasteiger partial charge in [-0.1, -0.05) is 18.2 Å². The second-order valence-electron chi connectivity index (χ2n) is 9.60. The Hall–Kier alpha value is -3.85. The normalized spacial score (nSPS) is 15.8. The molecule has 4 aromatic heterocycles. The highest BCUT2D eigenvalue weighted by molar-refractivity contribution is 6.03. The molecule has 0 amide bonds. The molecule has 0 aliphatic carbocycles. The van der Waals surface area contributed by atoms with E-state index in [2.05, 4.69) is 15.1 Å². The van der Waals surface area contributed by atoms with Gasteiger partial charge in [0.05, 0.1) is 18.8 Å². The third-order valence-corrected chi connectivity index (χ3v) is 6.88. The van der Waals surface area contributed by atoms with E-state index in [0.717, 1.165) is 52.6 Å². The van der Waals surface area contributed by atoms with Crippen molar-refractivity contribution in [1.82, 2.24) is 24.6 Å². The Morgan fingerprint density at radius 3 is 2.72 bits per heavy atom. The summed E-state index contributed by atoms with van der Waals surface area (Å²) in [6.45, 7) is 2.03. The Balaban J connectivity index is 1.31. The maximum Gasteiger partial charge on any atom is 0.257 e. The number of halogens is 2. The van der Waals surface area contributed by atoms with Crippen molar-refractivity contribution in [3.63, 3.8) is 0 Å². The Labute approximate surface area is 206 Å². The minimum atomic E-state index is -2.67. The van der Waals surface area contributed by atoms with E-state index in [0.29, 0.717) is 30.3 Å². The van der Waals surface area contributed by atoms with Crippen LogP contribution in [-0.4, -0.2) is 50.2 Å². The predicted octanol–water partition coefficient (Wildman–Crippen LogP) is 5.78. The molecule has 5 heterocycles. The number of likely N-dealkylation sites (tertiary alicyclic amines) is 1. The van der Waals surface area contributed by atoms with Crippen molar-refractivity contribution in [2.45, 2.75) is 31.7 Å². The zero-order valence-corrected chi connectivity index (χ0v) is 19.9. The molecule has 5 aromatic rings. The topological polar surface area (TPSA) is 86.0 Å². The third-order valence-electron chi connectivity index (χ3n) is 6.88. The van der Waals surface area contributed by atoms with Crippen molar-refractivity contribution in [3.8, 4) is 22.5 Å². The zero-order chi connectivity index (χ0) is 24.9. The minimum Gasteiger partial charge on any atom is -0.452 e. The molecular weight excluding hydrogens is 462 g/mol. The van der Waals surface area contributed by atoms with Crippen molar-refractivity contribution < 1.29 is 13.2 Å². The Morgan fingerprint density at radius 1 is 1.08 bits per heavy atom. The quantitative estimate of drug-likeness (QED) is 0.337. The zero-order valence-electron chi connectivity index (χ0n) is 19.9. The molecule has 184 valence electrons. The summed E-state index contributed by atoms with van der Waals surface area (Å²) in [4.78, 5) is 10.4. The standard InChI is InChI=1S/C27H26F2N6O/c1-27(28,29)16-34-9-6-19(7-10-34)35-15-18(13-33-35)23-14-32-26(30)25-22(23)11-24(36-25)21-4-2-3-17-12-31-8-5-20(17)21/h2-5,8,11-15,19H,6-7,9-10,16H2,1H3,(H2,30,32). The maximum absolute atomic E-state index is 13.4. The molecule has 0 atom stereocenters. The molecule has 9 heteroatoms. The van der Waals surface area contributed by atoms with E-state index in [1.165, 1.54) is 0 Å². The van der Waals surface area contributed by atoms with Gasteiger partial charge in [0.25, 0.3) is 5.92 Å². The van der Waals surface area contributed by atoms with Crippen LogP contribution in [0.1, 0.15) is 25.8 Å². The number of anilines is 1. The van der Waals surface area contributed by atoms with Crippen LogP contribution in [0.2, 0.25) is 0 Å². The van der Waals surface area contributed by atoms with Gasteiger partial charge in [0.1, 0.15) is 5.76 Å². The van der Waals surface area contributed by atoms with Crippen LogP contribution in [0.4, 0.5) is 14.6 Å². The second-order valence-corrected chi connectivity index (χ2v) is 9.60. The van der Waals surface area contributed by atoms with Crippen LogP contribution in [0.25, 0.3) is 44.2 Å². The molecule has 6 rings (SSSR count). The fourth-order valence-corrected chi connectivity index (χ4v) is 5.16. The Bertz CT molecular complexity index is 1540. The summed E-state index contributed by atoms with van der Waals surface area (Å²) >= 11 is 0. The van der Waals surface area contributed by atoms with E-state index in [-0.39, 0.29) is 12.6 Å². The van der Waals surface area contributed by atoms with Gasteiger partial charge in [-0.15, -0.1) is 0 Å². The molecule has 0 radical (unpaired) electrons. The first-order valence-corrected chi connectivity index (χ1v) is 12.0. The van der Waals surface area contributed by atoms with Gasteiger partial charge in [-0.2, -0.15) is 5.10 Å². The molecular formula is C27H26F2N6O. The van der Waals surface area contributed by atoms with E-state index in [4.69, 9.17) is 10.2 Å². The molecule has 0 spiro atoms. The minimum absolute atomic E-state index is 0.168. The molecule has 0 saturated carbocycles. The number of nitrogen functional groups attached to an aromatic ring is 1. The lowest BCUT2D eigenvalue weighted by Gasteiger charge is -2.33. The summed E-state index contributed by atoms with van der Waals surface area (Å²) in [5, 5.41) is 7.53. The van der Waals surface area contributed by atoms with Crippen LogP contribution in [0.5, 0.6) is 0 Å². The number of furan rings is 1. The fraction of sp³-hybridized carbons (Fsp3) is 0.296. The lowest BCUT2D eigenvalue weighted by atomic mass is 10.0. The van der Waals surface area contributed by atoms with Gasteiger partial charge in [-0.3, -0.25) is 14.6 Å². The van der Waals surface area contributed by atoms with Crippen LogP contribution in [0, 0.1) is 0 Å². The SMILES string of the molecule is CC(F)(F)CN1CCC(n2cc(-c3cnc(N)c4oc(-c5cccc6cnccc56)cc34)cn2)CC1. The monoisotopic (exact) mass is 488 g/mol. The number of hydrogen-bond acceptors (Lipinski definition) is 6. The molecule has 1 aliphatic heterocycles. The van der Waals surface area contributed by atoms with Crippen molar-refractivity contribution in [2.24, 2.45) is 0 Å². The molecule has 1 aromatic carbocycles. The van der Waals surface area contributed by atoms with Gasteiger partial charge in [0, 0.05) is 72.3 Å². The Morgan fingerprint density at radius 2 is 1.92 bits per heavy atom. The number of fused-ring (bicyclic) bond motifs is 2. The van der Waals surface area contributed by atoms with Crippen LogP contribution in [0.15, 0.2) is 65.7 Å². The predicted molar refractivity (Wildman–Crippen MR) is 136 cm³/mol. The van der Waals surface area contributed by atoms with E-state index < -0.39 is 5.92 Å². The van der Waals surface area contributed by atoms with Crippen LogP contribution in [0.3, 0.4) is 0 Å². The molecule has 0 bridgehead atoms. The number of nitrogens with zero attached hydrogens (tertiary/aromatic N) is 5. The summed E-state index contributed by atoms with van der Waals surface area (Å²) in [6.07, 6.45) is 10.7. The van der Waals surface area contributed by atoms with Gasteiger partial charge in [0.2, 0.25) is 0 Å². The highest BCUT2D eigenvalue weighted by Crippen LogP contribution is 2.38. The van der Waals surface area contributed by atoms with Crippen molar-refractivity contribution >= 4 is 27.6 Å². The first-order valence-electron chi connectivity index (χ1n) is 12.0. The number of hydrogen-bond donors (Lipinski definition) is 1. The summed E-state index contributed by atoms with van der Waals surface area (Å²) in [7, 11) is 0. The number of aromatic nitrogens is 4. The lowest BCUT2D eigenvalue weighted by Crippen LogP contribution is -2.41. The molecule has 1 saturated heterocycles. The largest absolute Gasteiger partial charge is 0.452 e. The van der Waals surface area contributed by atoms with E-state index in [1.807, 2.05) is 58.5 Å².